The lowest BCUT2D eigenvalue weighted by molar-refractivity contribution is 0.116. The SMILES string of the molecule is Oc1c(-c2nnc(N[C@@H]3CCCC[C@H]3O)c3c2C2CCC3CC2)ccc2occc12. The first-order valence-corrected chi connectivity index (χ1v) is 11.3. The fraction of sp³-hybridized carbons (Fsp3) is 0.500. The van der Waals surface area contributed by atoms with Crippen molar-refractivity contribution in [3.63, 3.8) is 0 Å². The number of benzene rings is 1. The molecular formula is C24H27N3O3. The van der Waals surface area contributed by atoms with Crippen LogP contribution in [-0.2, 0) is 0 Å². The minimum Gasteiger partial charge on any atom is -0.506 e. The van der Waals surface area contributed by atoms with Gasteiger partial charge in [0.15, 0.2) is 5.82 Å². The number of nitrogens with zero attached hydrogens (tertiary/aromatic N) is 2. The molecule has 0 radical (unpaired) electrons. The fourth-order valence-electron chi connectivity index (χ4n) is 5.94. The number of furan rings is 1. The maximum atomic E-state index is 11.0. The van der Waals surface area contributed by atoms with Crippen LogP contribution < -0.4 is 5.32 Å². The van der Waals surface area contributed by atoms with E-state index in [9.17, 15) is 10.2 Å². The molecule has 0 amide bonds. The topological polar surface area (TPSA) is 91.4 Å². The van der Waals surface area contributed by atoms with Crippen LogP contribution in [0.1, 0.15) is 74.3 Å². The molecule has 3 aromatic rings. The van der Waals surface area contributed by atoms with Crippen molar-refractivity contribution in [1.82, 2.24) is 10.2 Å². The molecule has 6 heteroatoms. The van der Waals surface area contributed by atoms with Crippen molar-refractivity contribution in [3.05, 3.63) is 35.6 Å². The van der Waals surface area contributed by atoms with Gasteiger partial charge in [0, 0.05) is 11.1 Å². The second kappa shape index (κ2) is 6.98. The van der Waals surface area contributed by atoms with E-state index < -0.39 is 0 Å². The molecule has 156 valence electrons. The molecule has 0 spiro atoms. The van der Waals surface area contributed by atoms with Gasteiger partial charge in [0.05, 0.1) is 23.8 Å². The van der Waals surface area contributed by atoms with E-state index in [4.69, 9.17) is 4.42 Å². The molecule has 2 atom stereocenters. The van der Waals surface area contributed by atoms with E-state index in [1.807, 2.05) is 12.1 Å². The van der Waals surface area contributed by atoms with Crippen LogP contribution in [0.25, 0.3) is 22.2 Å². The number of phenolic OH excluding ortho intramolecular Hbond substituents is 1. The van der Waals surface area contributed by atoms with Gasteiger partial charge in [-0.2, -0.15) is 0 Å². The number of aromatic nitrogens is 2. The Labute approximate surface area is 175 Å². The van der Waals surface area contributed by atoms with Crippen molar-refractivity contribution in [1.29, 1.82) is 0 Å². The second-order valence-corrected chi connectivity index (χ2v) is 9.17. The first kappa shape index (κ1) is 18.2. The number of rotatable bonds is 3. The molecule has 4 aliphatic carbocycles. The lowest BCUT2D eigenvalue weighted by Gasteiger charge is -2.40. The number of phenols is 1. The zero-order valence-corrected chi connectivity index (χ0v) is 17.0. The van der Waals surface area contributed by atoms with Gasteiger partial charge in [0.1, 0.15) is 17.0 Å². The number of aliphatic hydroxyl groups excluding tert-OH is 1. The van der Waals surface area contributed by atoms with Gasteiger partial charge in [-0.1, -0.05) is 12.8 Å². The van der Waals surface area contributed by atoms with Crippen LogP contribution in [-0.4, -0.2) is 32.6 Å². The standard InChI is InChI=1S/C24H27N3O3/c28-18-4-2-1-3-17(18)25-24-21-14-7-5-13(6-8-14)20(21)22(26-27-24)16-9-10-19-15(23(16)29)11-12-30-19/h9-14,17-18,28-29H,1-8H2,(H,25,27)/t13?,14?,17-,18-/m1/s1. The number of hydrogen-bond acceptors (Lipinski definition) is 6. The van der Waals surface area contributed by atoms with Crippen molar-refractivity contribution >= 4 is 16.8 Å². The van der Waals surface area contributed by atoms with Gasteiger partial charge in [0.2, 0.25) is 0 Å². The second-order valence-electron chi connectivity index (χ2n) is 9.17. The minimum atomic E-state index is -0.329. The Morgan fingerprint density at radius 1 is 0.900 bits per heavy atom. The molecule has 6 nitrogen and oxygen atoms in total. The summed E-state index contributed by atoms with van der Waals surface area (Å²) in [4.78, 5) is 0. The van der Waals surface area contributed by atoms with Crippen molar-refractivity contribution < 1.29 is 14.6 Å². The summed E-state index contributed by atoms with van der Waals surface area (Å²) < 4.78 is 5.44. The molecule has 2 aromatic heterocycles. The molecule has 2 fully saturated rings. The Morgan fingerprint density at radius 2 is 1.67 bits per heavy atom. The molecule has 0 saturated heterocycles. The Kier molecular flexibility index (Phi) is 4.23. The van der Waals surface area contributed by atoms with Crippen molar-refractivity contribution in [3.8, 4) is 17.0 Å². The predicted molar refractivity (Wildman–Crippen MR) is 115 cm³/mol. The van der Waals surface area contributed by atoms with Crippen LogP contribution in [0.15, 0.2) is 28.9 Å². The van der Waals surface area contributed by atoms with Crippen LogP contribution in [0, 0.1) is 0 Å². The molecule has 2 heterocycles. The summed E-state index contributed by atoms with van der Waals surface area (Å²) in [6.45, 7) is 0. The summed E-state index contributed by atoms with van der Waals surface area (Å²) >= 11 is 0. The van der Waals surface area contributed by atoms with Crippen LogP contribution in [0.5, 0.6) is 5.75 Å². The quantitative estimate of drug-likeness (QED) is 0.564. The number of aliphatic hydroxyl groups is 1. The zero-order valence-electron chi connectivity index (χ0n) is 17.0. The normalized spacial score (nSPS) is 27.9. The van der Waals surface area contributed by atoms with Crippen molar-refractivity contribution in [2.24, 2.45) is 0 Å². The maximum absolute atomic E-state index is 11.0. The van der Waals surface area contributed by atoms with Gasteiger partial charge in [-0.3, -0.25) is 0 Å². The van der Waals surface area contributed by atoms with E-state index in [0.717, 1.165) is 55.6 Å². The van der Waals surface area contributed by atoms with E-state index in [0.29, 0.717) is 22.8 Å². The Balaban J connectivity index is 1.49. The molecule has 4 aliphatic rings. The lowest BCUT2D eigenvalue weighted by atomic mass is 9.66. The highest BCUT2D eigenvalue weighted by Crippen LogP contribution is 2.54. The number of fused-ring (bicyclic) bond motifs is 3. The molecule has 7 rings (SSSR count). The van der Waals surface area contributed by atoms with E-state index >= 15 is 0 Å². The van der Waals surface area contributed by atoms with Crippen LogP contribution in [0.4, 0.5) is 5.82 Å². The summed E-state index contributed by atoms with van der Waals surface area (Å²) in [6.07, 6.45) is 9.97. The number of aromatic hydroxyl groups is 1. The Morgan fingerprint density at radius 3 is 2.47 bits per heavy atom. The van der Waals surface area contributed by atoms with Gasteiger partial charge in [-0.15, -0.1) is 10.2 Å². The third-order valence-electron chi connectivity index (χ3n) is 7.51. The third kappa shape index (κ3) is 2.73. The molecule has 2 saturated carbocycles. The predicted octanol–water partition coefficient (Wildman–Crippen LogP) is 5.07. The monoisotopic (exact) mass is 405 g/mol. The van der Waals surface area contributed by atoms with Gasteiger partial charge < -0.3 is 19.9 Å². The molecule has 1 aromatic carbocycles. The van der Waals surface area contributed by atoms with Gasteiger partial charge in [-0.25, -0.2) is 0 Å². The molecule has 0 aliphatic heterocycles. The van der Waals surface area contributed by atoms with E-state index in [1.54, 1.807) is 12.3 Å². The average Bonchev–Trinajstić information content (AvgIpc) is 3.27. The molecule has 30 heavy (non-hydrogen) atoms. The number of anilines is 1. The minimum absolute atomic E-state index is 0.0409. The smallest absolute Gasteiger partial charge is 0.152 e. The fourth-order valence-corrected chi connectivity index (χ4v) is 5.94. The van der Waals surface area contributed by atoms with Crippen LogP contribution in [0.2, 0.25) is 0 Å². The Bertz CT molecular complexity index is 1100. The first-order chi connectivity index (χ1) is 14.7. The summed E-state index contributed by atoms with van der Waals surface area (Å²) in [5, 5.41) is 34.9. The Hall–Kier alpha value is -2.60. The van der Waals surface area contributed by atoms with E-state index in [2.05, 4.69) is 15.5 Å². The van der Waals surface area contributed by atoms with E-state index in [1.165, 1.54) is 24.0 Å². The summed E-state index contributed by atoms with van der Waals surface area (Å²) in [7, 11) is 0. The first-order valence-electron chi connectivity index (χ1n) is 11.3. The molecule has 2 bridgehead atoms. The highest BCUT2D eigenvalue weighted by molar-refractivity contribution is 5.92. The maximum Gasteiger partial charge on any atom is 0.152 e. The third-order valence-corrected chi connectivity index (χ3v) is 7.51. The van der Waals surface area contributed by atoms with Gasteiger partial charge in [-0.05, 0) is 74.1 Å². The van der Waals surface area contributed by atoms with Gasteiger partial charge in [0.25, 0.3) is 0 Å². The van der Waals surface area contributed by atoms with Crippen LogP contribution in [0.3, 0.4) is 0 Å². The van der Waals surface area contributed by atoms with Crippen molar-refractivity contribution in [2.45, 2.75) is 75.3 Å². The highest BCUT2D eigenvalue weighted by Gasteiger charge is 2.39. The van der Waals surface area contributed by atoms with E-state index in [-0.39, 0.29) is 17.9 Å². The summed E-state index contributed by atoms with van der Waals surface area (Å²) in [6, 6.07) is 5.62. The summed E-state index contributed by atoms with van der Waals surface area (Å²) in [5.41, 5.74) is 4.72. The van der Waals surface area contributed by atoms with Crippen LogP contribution >= 0.6 is 0 Å². The largest absolute Gasteiger partial charge is 0.506 e. The number of hydrogen-bond donors (Lipinski definition) is 3. The van der Waals surface area contributed by atoms with Crippen molar-refractivity contribution in [2.75, 3.05) is 5.32 Å². The molecule has 3 N–H and O–H groups in total. The molecular weight excluding hydrogens is 378 g/mol. The summed E-state index contributed by atoms with van der Waals surface area (Å²) in [5.74, 6) is 1.98. The zero-order chi connectivity index (χ0) is 20.2. The highest BCUT2D eigenvalue weighted by atomic mass is 16.3. The number of nitrogens with one attached hydrogen (secondary N) is 1. The molecule has 0 unspecified atom stereocenters. The van der Waals surface area contributed by atoms with Gasteiger partial charge >= 0.3 is 0 Å². The average molecular weight is 405 g/mol. The lowest BCUT2D eigenvalue weighted by Crippen LogP contribution is -2.37.